The van der Waals surface area contributed by atoms with Gasteiger partial charge in [-0.1, -0.05) is 18.2 Å². The predicted octanol–water partition coefficient (Wildman–Crippen LogP) is 2.26. The number of carbonyl (C=O) groups excluding carboxylic acids is 3. The second-order valence-corrected chi connectivity index (χ2v) is 6.32. The summed E-state index contributed by atoms with van der Waals surface area (Å²) in [6.45, 7) is 3.62. The lowest BCUT2D eigenvalue weighted by Gasteiger charge is -2.10. The van der Waals surface area contributed by atoms with Gasteiger partial charge in [0.25, 0.3) is 17.7 Å². The van der Waals surface area contributed by atoms with E-state index in [-0.39, 0.29) is 12.5 Å². The van der Waals surface area contributed by atoms with Crippen molar-refractivity contribution in [1.82, 2.24) is 16.2 Å². The third-order valence-electron chi connectivity index (χ3n) is 3.61. The first-order valence-corrected chi connectivity index (χ1v) is 8.37. The maximum absolute atomic E-state index is 12.0. The minimum atomic E-state index is -0.530. The first-order valence-electron chi connectivity index (χ1n) is 7.57. The number of carbonyl (C=O) groups is 3. The van der Waals surface area contributed by atoms with Crippen LogP contribution in [0.3, 0.4) is 0 Å². The van der Waals surface area contributed by atoms with Gasteiger partial charge >= 0.3 is 0 Å². The summed E-state index contributed by atoms with van der Waals surface area (Å²) in [4.78, 5) is 35.8. The summed E-state index contributed by atoms with van der Waals surface area (Å²) in [6, 6.07) is 12.1. The predicted molar refractivity (Wildman–Crippen MR) is 98.0 cm³/mol. The molecular formula is C18H18BrN3O3. The highest BCUT2D eigenvalue weighted by molar-refractivity contribution is 9.10. The highest BCUT2D eigenvalue weighted by Crippen LogP contribution is 2.15. The van der Waals surface area contributed by atoms with Gasteiger partial charge in [-0.2, -0.15) is 0 Å². The topological polar surface area (TPSA) is 87.3 Å². The van der Waals surface area contributed by atoms with Crippen molar-refractivity contribution in [3.63, 3.8) is 0 Å². The number of benzene rings is 2. The fourth-order valence-electron chi connectivity index (χ4n) is 2.03. The van der Waals surface area contributed by atoms with Gasteiger partial charge in [0.05, 0.1) is 12.1 Å². The van der Waals surface area contributed by atoms with Gasteiger partial charge in [0, 0.05) is 10.0 Å². The van der Waals surface area contributed by atoms with Gasteiger partial charge in [0.15, 0.2) is 0 Å². The molecule has 0 radical (unpaired) electrons. The van der Waals surface area contributed by atoms with E-state index in [9.17, 15) is 14.4 Å². The molecule has 0 aliphatic heterocycles. The normalized spacial score (nSPS) is 10.0. The van der Waals surface area contributed by atoms with Crippen molar-refractivity contribution in [3.8, 4) is 0 Å². The number of aryl methyl sites for hydroxylation is 2. The van der Waals surface area contributed by atoms with Crippen LogP contribution in [-0.4, -0.2) is 24.3 Å². The second-order valence-electron chi connectivity index (χ2n) is 5.46. The smallest absolute Gasteiger partial charge is 0.270 e. The van der Waals surface area contributed by atoms with Crippen LogP contribution in [-0.2, 0) is 4.79 Å². The summed E-state index contributed by atoms with van der Waals surface area (Å²) in [7, 11) is 0. The molecule has 0 bridgehead atoms. The molecule has 0 fully saturated rings. The van der Waals surface area contributed by atoms with Crippen molar-refractivity contribution >= 4 is 33.7 Å². The summed E-state index contributed by atoms with van der Waals surface area (Å²) >= 11 is 3.26. The molecule has 130 valence electrons. The molecule has 2 aromatic rings. The number of hydrazine groups is 1. The average Bonchev–Trinajstić information content (AvgIpc) is 2.60. The monoisotopic (exact) mass is 403 g/mol. The molecule has 25 heavy (non-hydrogen) atoms. The lowest BCUT2D eigenvalue weighted by atomic mass is 10.1. The Morgan fingerprint density at radius 3 is 2.32 bits per heavy atom. The van der Waals surface area contributed by atoms with Crippen LogP contribution in [0.5, 0.6) is 0 Å². The average molecular weight is 404 g/mol. The molecule has 2 rings (SSSR count). The van der Waals surface area contributed by atoms with E-state index in [1.165, 1.54) is 0 Å². The van der Waals surface area contributed by atoms with Crippen LogP contribution >= 0.6 is 15.9 Å². The molecule has 6 nitrogen and oxygen atoms in total. The minimum absolute atomic E-state index is 0.248. The maximum atomic E-state index is 12.0. The van der Waals surface area contributed by atoms with Crippen LogP contribution in [0.1, 0.15) is 31.8 Å². The number of hydrogen-bond donors (Lipinski definition) is 3. The number of hydrogen-bond acceptors (Lipinski definition) is 3. The fourth-order valence-corrected chi connectivity index (χ4v) is 2.49. The Labute approximate surface area is 154 Å². The van der Waals surface area contributed by atoms with E-state index in [0.717, 1.165) is 11.1 Å². The van der Waals surface area contributed by atoms with Gasteiger partial charge in [-0.3, -0.25) is 25.2 Å². The lowest BCUT2D eigenvalue weighted by Crippen LogP contribution is -2.46. The molecule has 0 atom stereocenters. The Hall–Kier alpha value is -2.67. The maximum Gasteiger partial charge on any atom is 0.270 e. The van der Waals surface area contributed by atoms with Crippen LogP contribution in [0, 0.1) is 13.8 Å². The van der Waals surface area contributed by atoms with E-state index in [4.69, 9.17) is 0 Å². The summed E-state index contributed by atoms with van der Waals surface area (Å²) in [5.41, 5.74) is 7.52. The summed E-state index contributed by atoms with van der Waals surface area (Å²) in [5.74, 6) is -1.34. The molecular weight excluding hydrogens is 386 g/mol. The van der Waals surface area contributed by atoms with Gasteiger partial charge in [0.1, 0.15) is 0 Å². The molecule has 0 unspecified atom stereocenters. The zero-order valence-corrected chi connectivity index (χ0v) is 15.4. The molecule has 0 saturated carbocycles. The molecule has 0 aliphatic carbocycles. The van der Waals surface area contributed by atoms with Crippen molar-refractivity contribution in [3.05, 3.63) is 69.2 Å². The van der Waals surface area contributed by atoms with Crippen LogP contribution in [0.4, 0.5) is 0 Å². The van der Waals surface area contributed by atoms with Crippen molar-refractivity contribution in [2.24, 2.45) is 0 Å². The van der Waals surface area contributed by atoms with Crippen LogP contribution in [0.2, 0.25) is 0 Å². The van der Waals surface area contributed by atoms with Crippen molar-refractivity contribution in [2.75, 3.05) is 6.54 Å². The van der Waals surface area contributed by atoms with Crippen molar-refractivity contribution < 1.29 is 14.4 Å². The zero-order valence-electron chi connectivity index (χ0n) is 13.9. The Bertz CT molecular complexity index is 821. The van der Waals surface area contributed by atoms with E-state index < -0.39 is 11.8 Å². The van der Waals surface area contributed by atoms with Crippen molar-refractivity contribution in [2.45, 2.75) is 13.8 Å². The third kappa shape index (κ3) is 5.15. The Kier molecular flexibility index (Phi) is 6.30. The summed E-state index contributed by atoms with van der Waals surface area (Å²) in [6.07, 6.45) is 0. The molecule has 0 aliphatic rings. The van der Waals surface area contributed by atoms with Gasteiger partial charge in [-0.15, -0.1) is 0 Å². The van der Waals surface area contributed by atoms with E-state index in [1.807, 2.05) is 19.9 Å². The highest BCUT2D eigenvalue weighted by Gasteiger charge is 2.12. The van der Waals surface area contributed by atoms with Crippen LogP contribution < -0.4 is 16.2 Å². The largest absolute Gasteiger partial charge is 0.343 e. The first kappa shape index (κ1) is 18.7. The van der Waals surface area contributed by atoms with Gasteiger partial charge in [0.2, 0.25) is 0 Å². The fraction of sp³-hybridized carbons (Fsp3) is 0.167. The van der Waals surface area contributed by atoms with E-state index in [2.05, 4.69) is 32.1 Å². The molecule has 0 spiro atoms. The van der Waals surface area contributed by atoms with E-state index >= 15 is 0 Å². The van der Waals surface area contributed by atoms with Gasteiger partial charge in [-0.05, 0) is 65.2 Å². The molecule has 0 heterocycles. The van der Waals surface area contributed by atoms with Crippen molar-refractivity contribution in [1.29, 1.82) is 0 Å². The van der Waals surface area contributed by atoms with Crippen LogP contribution in [0.25, 0.3) is 0 Å². The second kappa shape index (κ2) is 8.43. The quantitative estimate of drug-likeness (QED) is 0.684. The minimum Gasteiger partial charge on any atom is -0.343 e. The Morgan fingerprint density at radius 2 is 1.64 bits per heavy atom. The number of halogens is 1. The van der Waals surface area contributed by atoms with E-state index in [1.54, 1.807) is 36.4 Å². The molecule has 0 aromatic heterocycles. The summed E-state index contributed by atoms with van der Waals surface area (Å²) in [5, 5.41) is 2.51. The molecule has 3 amide bonds. The SMILES string of the molecule is Cc1ccc(C(=O)NCC(=O)NNC(=O)c2ccccc2Br)cc1C. The van der Waals surface area contributed by atoms with Crippen LogP contribution in [0.15, 0.2) is 46.9 Å². The van der Waals surface area contributed by atoms with Gasteiger partial charge < -0.3 is 5.32 Å². The molecule has 7 heteroatoms. The molecule has 0 saturated heterocycles. The molecule has 3 N–H and O–H groups in total. The summed E-state index contributed by atoms with van der Waals surface area (Å²) < 4.78 is 0.616. The third-order valence-corrected chi connectivity index (χ3v) is 4.30. The van der Waals surface area contributed by atoms with E-state index in [0.29, 0.717) is 15.6 Å². The number of rotatable bonds is 4. The highest BCUT2D eigenvalue weighted by atomic mass is 79.9. The number of amides is 3. The first-order chi connectivity index (χ1) is 11.9. The lowest BCUT2D eigenvalue weighted by molar-refractivity contribution is -0.120. The van der Waals surface area contributed by atoms with Gasteiger partial charge in [-0.25, -0.2) is 0 Å². The molecule has 2 aromatic carbocycles. The standard InChI is InChI=1S/C18H18BrN3O3/c1-11-7-8-13(9-12(11)2)17(24)20-10-16(23)21-22-18(25)14-5-3-4-6-15(14)19/h3-9H,10H2,1-2H3,(H,20,24)(H,21,23)(H,22,25). The Morgan fingerprint density at radius 1 is 0.920 bits per heavy atom. The number of nitrogens with one attached hydrogen (secondary N) is 3. The Balaban J connectivity index is 1.82. The zero-order chi connectivity index (χ0) is 18.4.